The minimum atomic E-state index is -1.15. The molecule has 19 heavy (non-hydrogen) atoms. The number of hydrogen-bond donors (Lipinski definition) is 2. The van der Waals surface area contributed by atoms with E-state index in [0.717, 1.165) is 5.75 Å². The highest BCUT2D eigenvalue weighted by atomic mass is 32.2. The van der Waals surface area contributed by atoms with E-state index < -0.39 is 11.5 Å². The Labute approximate surface area is 115 Å². The number of rotatable bonds is 4. The maximum atomic E-state index is 12.1. The first-order valence-corrected chi connectivity index (χ1v) is 7.00. The van der Waals surface area contributed by atoms with Crippen LogP contribution in [0.3, 0.4) is 0 Å². The molecule has 1 heterocycles. The molecule has 1 aliphatic rings. The number of aliphatic carboxylic acids is 1. The van der Waals surface area contributed by atoms with Crippen molar-refractivity contribution in [3.8, 4) is 5.75 Å². The summed E-state index contributed by atoms with van der Waals surface area (Å²) in [6.07, 6.45) is 0.447. The highest BCUT2D eigenvalue weighted by Gasteiger charge is 2.43. The van der Waals surface area contributed by atoms with Crippen LogP contribution in [0, 0.1) is 0 Å². The lowest BCUT2D eigenvalue weighted by Gasteiger charge is -2.24. The van der Waals surface area contributed by atoms with Gasteiger partial charge in [-0.25, -0.2) is 4.79 Å². The zero-order valence-corrected chi connectivity index (χ0v) is 11.3. The lowest BCUT2D eigenvalue weighted by Crippen LogP contribution is -2.54. The summed E-state index contributed by atoms with van der Waals surface area (Å²) in [6, 6.07) is 6.65. The molecule has 0 bridgehead atoms. The molecule has 1 aromatic rings. The van der Waals surface area contributed by atoms with Crippen molar-refractivity contribution in [3.63, 3.8) is 0 Å². The molecule has 0 aliphatic carbocycles. The monoisotopic (exact) mass is 281 g/mol. The molecule has 0 spiro atoms. The Kier molecular flexibility index (Phi) is 3.99. The van der Waals surface area contributed by atoms with E-state index in [1.165, 1.54) is 18.9 Å². The van der Waals surface area contributed by atoms with Crippen molar-refractivity contribution in [2.24, 2.45) is 0 Å². The van der Waals surface area contributed by atoms with Crippen molar-refractivity contribution < 1.29 is 19.4 Å². The van der Waals surface area contributed by atoms with E-state index in [9.17, 15) is 14.7 Å². The molecule has 0 aromatic heterocycles. The molecule has 1 aliphatic heterocycles. The average Bonchev–Trinajstić information content (AvgIpc) is 2.88. The summed E-state index contributed by atoms with van der Waals surface area (Å²) in [5.74, 6) is 0.346. The number of methoxy groups -OCH3 is 1. The van der Waals surface area contributed by atoms with Crippen LogP contribution in [0.5, 0.6) is 5.75 Å². The molecule has 1 atom stereocenters. The van der Waals surface area contributed by atoms with Gasteiger partial charge in [-0.15, -0.1) is 0 Å². The molecule has 5 nitrogen and oxygen atoms in total. The van der Waals surface area contributed by atoms with Gasteiger partial charge in [0.25, 0.3) is 5.91 Å². The largest absolute Gasteiger partial charge is 0.497 e. The van der Waals surface area contributed by atoms with Gasteiger partial charge < -0.3 is 15.2 Å². The molecule has 0 radical (unpaired) electrons. The number of carbonyl (C=O) groups excluding carboxylic acids is 1. The fourth-order valence-electron chi connectivity index (χ4n) is 1.94. The third kappa shape index (κ3) is 2.84. The van der Waals surface area contributed by atoms with E-state index >= 15 is 0 Å². The van der Waals surface area contributed by atoms with Crippen molar-refractivity contribution in [2.75, 3.05) is 18.6 Å². The third-order valence-corrected chi connectivity index (χ3v) is 4.31. The van der Waals surface area contributed by atoms with Crippen LogP contribution in [0.15, 0.2) is 24.3 Å². The zero-order valence-electron chi connectivity index (χ0n) is 10.5. The second-order valence-electron chi connectivity index (χ2n) is 4.38. The topological polar surface area (TPSA) is 75.6 Å². The standard InChI is InChI=1S/C13H15NO4S/c1-18-10-4-2-3-9(7-10)11(15)14-13(12(16)17)5-6-19-8-13/h2-4,7H,5-6,8H2,1H3,(H,14,15)(H,16,17)/t13-/m1/s1. The van der Waals surface area contributed by atoms with E-state index in [0.29, 0.717) is 23.5 Å². The third-order valence-electron chi connectivity index (χ3n) is 3.12. The van der Waals surface area contributed by atoms with E-state index in [2.05, 4.69) is 5.32 Å². The number of nitrogens with one attached hydrogen (secondary N) is 1. The summed E-state index contributed by atoms with van der Waals surface area (Å²) in [7, 11) is 1.52. The molecule has 0 saturated carbocycles. The Hall–Kier alpha value is -1.69. The molecule has 1 amide bonds. The molecular weight excluding hydrogens is 266 g/mol. The maximum Gasteiger partial charge on any atom is 0.330 e. The molecule has 1 saturated heterocycles. The summed E-state index contributed by atoms with van der Waals surface area (Å²) >= 11 is 1.53. The Morgan fingerprint density at radius 3 is 2.84 bits per heavy atom. The summed E-state index contributed by atoms with van der Waals surface area (Å²) in [6.45, 7) is 0. The summed E-state index contributed by atoms with van der Waals surface area (Å²) in [5, 5.41) is 12.0. The Balaban J connectivity index is 2.17. The van der Waals surface area contributed by atoms with Gasteiger partial charge in [0, 0.05) is 11.3 Å². The Morgan fingerprint density at radius 1 is 1.47 bits per heavy atom. The quantitative estimate of drug-likeness (QED) is 0.872. The fourth-order valence-corrected chi connectivity index (χ4v) is 3.27. The van der Waals surface area contributed by atoms with E-state index in [4.69, 9.17) is 4.74 Å². The van der Waals surface area contributed by atoms with Gasteiger partial charge >= 0.3 is 5.97 Å². The zero-order chi connectivity index (χ0) is 13.9. The van der Waals surface area contributed by atoms with Crippen LogP contribution < -0.4 is 10.1 Å². The Bertz CT molecular complexity index is 497. The van der Waals surface area contributed by atoms with Gasteiger partial charge in [0.05, 0.1) is 7.11 Å². The molecule has 2 N–H and O–H groups in total. The van der Waals surface area contributed by atoms with Crippen LogP contribution >= 0.6 is 11.8 Å². The second-order valence-corrected chi connectivity index (χ2v) is 5.48. The van der Waals surface area contributed by atoms with Crippen LogP contribution in [-0.4, -0.2) is 41.1 Å². The van der Waals surface area contributed by atoms with E-state index in [-0.39, 0.29) is 5.91 Å². The normalized spacial score (nSPS) is 21.9. The van der Waals surface area contributed by atoms with Gasteiger partial charge in [0.1, 0.15) is 11.3 Å². The number of amides is 1. The van der Waals surface area contributed by atoms with Gasteiger partial charge in [-0.05, 0) is 30.4 Å². The molecule has 1 fully saturated rings. The molecule has 2 rings (SSSR count). The van der Waals surface area contributed by atoms with Crippen LogP contribution in [-0.2, 0) is 4.79 Å². The summed E-state index contributed by atoms with van der Waals surface area (Å²) in [5.41, 5.74) is -0.748. The molecule has 1 aromatic carbocycles. The van der Waals surface area contributed by atoms with E-state index in [1.807, 2.05) is 0 Å². The van der Waals surface area contributed by atoms with Crippen LogP contribution in [0.1, 0.15) is 16.8 Å². The lowest BCUT2D eigenvalue weighted by atomic mass is 9.98. The minimum Gasteiger partial charge on any atom is -0.497 e. The SMILES string of the molecule is COc1cccc(C(=O)N[C@]2(C(=O)O)CCSC2)c1. The van der Waals surface area contributed by atoms with Gasteiger partial charge in [-0.3, -0.25) is 4.79 Å². The number of benzene rings is 1. The van der Waals surface area contributed by atoms with Gasteiger partial charge in [0.15, 0.2) is 0 Å². The average molecular weight is 281 g/mol. The number of carboxylic acids is 1. The number of thioether (sulfide) groups is 1. The lowest BCUT2D eigenvalue weighted by molar-refractivity contribution is -0.143. The number of carboxylic acid groups (broad SMARTS) is 1. The number of carbonyl (C=O) groups is 2. The van der Waals surface area contributed by atoms with Crippen LogP contribution in [0.2, 0.25) is 0 Å². The minimum absolute atomic E-state index is 0.385. The molecule has 102 valence electrons. The van der Waals surface area contributed by atoms with Crippen molar-refractivity contribution >= 4 is 23.6 Å². The summed E-state index contributed by atoms with van der Waals surface area (Å²) < 4.78 is 5.05. The van der Waals surface area contributed by atoms with Gasteiger partial charge in [0.2, 0.25) is 0 Å². The van der Waals surface area contributed by atoms with Gasteiger partial charge in [-0.1, -0.05) is 6.07 Å². The highest BCUT2D eigenvalue weighted by Crippen LogP contribution is 2.28. The van der Waals surface area contributed by atoms with Crippen LogP contribution in [0.4, 0.5) is 0 Å². The summed E-state index contributed by atoms with van der Waals surface area (Å²) in [4.78, 5) is 23.5. The first-order valence-electron chi connectivity index (χ1n) is 5.85. The molecular formula is C13H15NO4S. The van der Waals surface area contributed by atoms with Crippen molar-refractivity contribution in [3.05, 3.63) is 29.8 Å². The molecule has 6 heteroatoms. The Morgan fingerprint density at radius 2 is 2.26 bits per heavy atom. The number of ether oxygens (including phenoxy) is 1. The highest BCUT2D eigenvalue weighted by molar-refractivity contribution is 7.99. The predicted octanol–water partition coefficient (Wildman–Crippen LogP) is 1.39. The van der Waals surface area contributed by atoms with E-state index in [1.54, 1.807) is 24.3 Å². The number of hydrogen-bond acceptors (Lipinski definition) is 4. The van der Waals surface area contributed by atoms with Crippen molar-refractivity contribution in [2.45, 2.75) is 12.0 Å². The van der Waals surface area contributed by atoms with Crippen LogP contribution in [0.25, 0.3) is 0 Å². The van der Waals surface area contributed by atoms with Crippen molar-refractivity contribution in [1.29, 1.82) is 0 Å². The fraction of sp³-hybridized carbons (Fsp3) is 0.385. The smallest absolute Gasteiger partial charge is 0.330 e. The first-order chi connectivity index (χ1) is 9.07. The van der Waals surface area contributed by atoms with Crippen molar-refractivity contribution in [1.82, 2.24) is 5.32 Å². The predicted molar refractivity (Wildman–Crippen MR) is 72.8 cm³/mol. The van der Waals surface area contributed by atoms with Gasteiger partial charge in [-0.2, -0.15) is 11.8 Å². The second kappa shape index (κ2) is 5.52. The molecule has 0 unspecified atom stereocenters. The maximum absolute atomic E-state index is 12.1. The first kappa shape index (κ1) is 13.7.